The van der Waals surface area contributed by atoms with Gasteiger partial charge in [-0.3, -0.25) is 11.3 Å². The van der Waals surface area contributed by atoms with Crippen LogP contribution in [0.25, 0.3) is 0 Å². The summed E-state index contributed by atoms with van der Waals surface area (Å²) < 4.78 is 0. The van der Waals surface area contributed by atoms with Crippen LogP contribution in [0.2, 0.25) is 0 Å². The number of rotatable bonds is 0. The molecule has 0 heterocycles. The second-order valence-electron chi connectivity index (χ2n) is 2.39. The van der Waals surface area contributed by atoms with Gasteiger partial charge in [0.15, 0.2) is 0 Å². The van der Waals surface area contributed by atoms with E-state index in [9.17, 15) is 0 Å². The summed E-state index contributed by atoms with van der Waals surface area (Å²) in [5, 5.41) is 0. The molecule has 0 aromatic heterocycles. The minimum absolute atomic E-state index is 0. The van der Waals surface area contributed by atoms with Crippen LogP contribution in [0, 0.1) is 0 Å². The van der Waals surface area contributed by atoms with Crippen molar-refractivity contribution in [2.24, 2.45) is 5.84 Å². The average molecular weight is 112 g/mol. The van der Waals surface area contributed by atoms with Gasteiger partial charge in [-0.15, -0.1) is 0 Å². The van der Waals surface area contributed by atoms with Gasteiger partial charge < -0.3 is 0 Å². The van der Waals surface area contributed by atoms with Gasteiger partial charge in [-0.2, -0.15) is 0 Å². The Kier molecular flexibility index (Phi) is 5.98. The summed E-state index contributed by atoms with van der Waals surface area (Å²) in [6.45, 7) is 6.02. The molecule has 0 atom stereocenters. The number of hydrogen-bond acceptors (Lipinski definition) is 2. The van der Waals surface area contributed by atoms with Gasteiger partial charge in [-0.1, -0.05) is 0 Å². The molecule has 3 heteroatoms. The summed E-state index contributed by atoms with van der Waals surface area (Å²) in [7, 11) is 0. The number of hydrazine groups is 1. The van der Waals surface area contributed by atoms with Gasteiger partial charge in [0.25, 0.3) is 0 Å². The quantitative estimate of drug-likeness (QED) is 0.254. The zero-order chi connectivity index (χ0) is 5.21. The standard InChI is InChI=1S/C4H12N2.Na.H/c1-4(2,3)6-5;;/h6H,5H2,1-3H3;;. The topological polar surface area (TPSA) is 38.0 Å². The maximum absolute atomic E-state index is 5.06. The zero-order valence-electron chi connectivity index (χ0n) is 4.58. The van der Waals surface area contributed by atoms with Crippen molar-refractivity contribution in [2.75, 3.05) is 0 Å². The first kappa shape index (κ1) is 10.8. The number of nitrogens with two attached hydrogens (primary N) is 1. The van der Waals surface area contributed by atoms with Crippen LogP contribution in [-0.2, 0) is 0 Å². The molecule has 0 radical (unpaired) electrons. The molecular formula is C4H13N2Na. The van der Waals surface area contributed by atoms with Crippen LogP contribution in [0.15, 0.2) is 0 Å². The normalized spacial score (nSPS) is 10.3. The number of nitrogens with one attached hydrogen (secondary N) is 1. The first-order chi connectivity index (χ1) is 2.56. The van der Waals surface area contributed by atoms with E-state index in [1.54, 1.807) is 0 Å². The molecule has 0 saturated carbocycles. The van der Waals surface area contributed by atoms with Gasteiger partial charge in [0.2, 0.25) is 0 Å². The van der Waals surface area contributed by atoms with E-state index in [2.05, 4.69) is 5.43 Å². The van der Waals surface area contributed by atoms with E-state index in [-0.39, 0.29) is 35.1 Å². The van der Waals surface area contributed by atoms with Crippen LogP contribution in [-0.4, -0.2) is 35.1 Å². The molecule has 0 aliphatic heterocycles. The van der Waals surface area contributed by atoms with E-state index < -0.39 is 0 Å². The van der Waals surface area contributed by atoms with Crippen LogP contribution in [0.1, 0.15) is 20.8 Å². The van der Waals surface area contributed by atoms with Crippen LogP contribution in [0.4, 0.5) is 0 Å². The van der Waals surface area contributed by atoms with Crippen LogP contribution in [0.3, 0.4) is 0 Å². The maximum atomic E-state index is 5.06. The van der Waals surface area contributed by atoms with Gasteiger partial charge in [0.05, 0.1) is 0 Å². The third-order valence-corrected chi connectivity index (χ3v) is 0.433. The molecule has 0 bridgehead atoms. The summed E-state index contributed by atoms with van der Waals surface area (Å²) >= 11 is 0. The van der Waals surface area contributed by atoms with Crippen LogP contribution in [0.5, 0.6) is 0 Å². The molecule has 0 aromatic rings. The molecule has 0 saturated heterocycles. The second-order valence-corrected chi connectivity index (χ2v) is 2.39. The van der Waals surface area contributed by atoms with E-state index in [1.165, 1.54) is 0 Å². The Hall–Kier alpha value is 0.920. The average Bonchev–Trinajstić information content (AvgIpc) is 1.35. The molecule has 3 N–H and O–H groups in total. The summed E-state index contributed by atoms with van der Waals surface area (Å²) in [5.41, 5.74) is 2.67. The monoisotopic (exact) mass is 112 g/mol. The van der Waals surface area contributed by atoms with Gasteiger partial charge in [0, 0.05) is 5.54 Å². The number of hydrogen-bond donors (Lipinski definition) is 2. The molecule has 2 nitrogen and oxygen atoms in total. The minimum atomic E-state index is 0. The summed E-state index contributed by atoms with van der Waals surface area (Å²) in [6, 6.07) is 0. The van der Waals surface area contributed by atoms with Crippen molar-refractivity contribution in [3.05, 3.63) is 0 Å². The predicted molar refractivity (Wildman–Crippen MR) is 34.2 cm³/mol. The summed E-state index contributed by atoms with van der Waals surface area (Å²) in [4.78, 5) is 0. The van der Waals surface area contributed by atoms with E-state index in [0.717, 1.165) is 0 Å². The molecule has 0 aliphatic rings. The van der Waals surface area contributed by atoms with E-state index in [4.69, 9.17) is 5.84 Å². The van der Waals surface area contributed by atoms with E-state index in [0.29, 0.717) is 0 Å². The Morgan fingerprint density at radius 1 is 1.29 bits per heavy atom. The second kappa shape index (κ2) is 3.87. The van der Waals surface area contributed by atoms with Gasteiger partial charge in [-0.25, -0.2) is 0 Å². The van der Waals surface area contributed by atoms with Crippen molar-refractivity contribution in [3.8, 4) is 0 Å². The van der Waals surface area contributed by atoms with Crippen molar-refractivity contribution in [1.29, 1.82) is 0 Å². The van der Waals surface area contributed by atoms with Crippen LogP contribution >= 0.6 is 0 Å². The van der Waals surface area contributed by atoms with Crippen molar-refractivity contribution in [2.45, 2.75) is 26.3 Å². The third-order valence-electron chi connectivity index (χ3n) is 0.433. The van der Waals surface area contributed by atoms with Crippen molar-refractivity contribution >= 4 is 29.6 Å². The summed E-state index contributed by atoms with van der Waals surface area (Å²) in [6.07, 6.45) is 0. The molecular weight excluding hydrogens is 99.0 g/mol. The van der Waals surface area contributed by atoms with Gasteiger partial charge in [-0.05, 0) is 20.8 Å². The van der Waals surface area contributed by atoms with Gasteiger partial charge >= 0.3 is 29.6 Å². The van der Waals surface area contributed by atoms with Crippen molar-refractivity contribution in [3.63, 3.8) is 0 Å². The molecule has 0 spiro atoms. The fourth-order valence-corrected chi connectivity index (χ4v) is 0. The van der Waals surface area contributed by atoms with E-state index in [1.807, 2.05) is 20.8 Å². The fourth-order valence-electron chi connectivity index (χ4n) is 0. The molecule has 0 amide bonds. The Morgan fingerprint density at radius 3 is 1.43 bits per heavy atom. The molecule has 0 unspecified atom stereocenters. The fraction of sp³-hybridized carbons (Fsp3) is 1.00. The summed E-state index contributed by atoms with van der Waals surface area (Å²) in [5.74, 6) is 5.06. The van der Waals surface area contributed by atoms with Crippen molar-refractivity contribution < 1.29 is 0 Å². The molecule has 0 aliphatic carbocycles. The SMILES string of the molecule is CC(C)(C)NN.[NaH]. The van der Waals surface area contributed by atoms with Crippen LogP contribution < -0.4 is 11.3 Å². The first-order valence-electron chi connectivity index (χ1n) is 2.04. The molecule has 7 heavy (non-hydrogen) atoms. The van der Waals surface area contributed by atoms with E-state index >= 15 is 0 Å². The predicted octanol–water partition coefficient (Wildman–Crippen LogP) is -0.400. The molecule has 0 aromatic carbocycles. The zero-order valence-corrected chi connectivity index (χ0v) is 4.58. The Labute approximate surface area is 67.1 Å². The third kappa shape index (κ3) is 10.9. The Bertz CT molecular complexity index is 39.4. The van der Waals surface area contributed by atoms with Gasteiger partial charge in [0.1, 0.15) is 0 Å². The Balaban J connectivity index is 0. The Morgan fingerprint density at radius 2 is 1.43 bits per heavy atom. The van der Waals surface area contributed by atoms with Crippen molar-refractivity contribution in [1.82, 2.24) is 5.43 Å². The molecule has 0 fully saturated rings. The first-order valence-corrected chi connectivity index (χ1v) is 2.04. The molecule has 40 valence electrons. The molecule has 0 rings (SSSR count).